The van der Waals surface area contributed by atoms with E-state index in [0.717, 1.165) is 34.4 Å². The van der Waals surface area contributed by atoms with Gasteiger partial charge in [0.05, 0.1) is 12.7 Å². The van der Waals surface area contributed by atoms with Crippen LogP contribution in [0.1, 0.15) is 37.4 Å². The summed E-state index contributed by atoms with van der Waals surface area (Å²) in [5, 5.41) is 10.9. The number of methoxy groups -OCH3 is 1. The molecular weight excluding hydrogens is 473 g/mol. The van der Waals surface area contributed by atoms with Crippen molar-refractivity contribution in [3.63, 3.8) is 0 Å². The lowest BCUT2D eigenvalue weighted by molar-refractivity contribution is 0.0946. The summed E-state index contributed by atoms with van der Waals surface area (Å²) < 4.78 is 20.4. The molecular formula is C28H26FN5O3. The van der Waals surface area contributed by atoms with Gasteiger partial charge < -0.3 is 21.1 Å². The minimum absolute atomic E-state index is 0.166. The monoisotopic (exact) mass is 499 g/mol. The molecule has 0 fully saturated rings. The molecule has 0 saturated carbocycles. The lowest BCUT2D eigenvalue weighted by Gasteiger charge is -2.12. The molecule has 1 aromatic heterocycles. The van der Waals surface area contributed by atoms with Crippen molar-refractivity contribution in [2.45, 2.75) is 26.4 Å². The van der Waals surface area contributed by atoms with Crippen LogP contribution < -0.4 is 21.1 Å². The zero-order chi connectivity index (χ0) is 26.1. The molecule has 37 heavy (non-hydrogen) atoms. The van der Waals surface area contributed by atoms with E-state index in [1.165, 1.54) is 25.3 Å². The van der Waals surface area contributed by atoms with Crippen LogP contribution in [0, 0.1) is 12.7 Å². The highest BCUT2D eigenvalue weighted by atomic mass is 19.1. The molecule has 2 amide bonds. The normalized spacial score (nSPS) is 12.1. The zero-order valence-corrected chi connectivity index (χ0v) is 20.5. The Balaban J connectivity index is 1.40. The molecule has 188 valence electrons. The van der Waals surface area contributed by atoms with Crippen molar-refractivity contribution >= 4 is 23.3 Å². The van der Waals surface area contributed by atoms with Crippen LogP contribution in [0.5, 0.6) is 5.75 Å². The average Bonchev–Trinajstić information content (AvgIpc) is 3.15. The van der Waals surface area contributed by atoms with Gasteiger partial charge in [-0.05, 0) is 54.3 Å². The van der Waals surface area contributed by atoms with Crippen molar-refractivity contribution in [2.24, 2.45) is 5.73 Å². The molecule has 8 nitrogen and oxygen atoms in total. The van der Waals surface area contributed by atoms with E-state index in [1.807, 2.05) is 49.4 Å². The van der Waals surface area contributed by atoms with Crippen molar-refractivity contribution in [1.82, 2.24) is 15.1 Å². The van der Waals surface area contributed by atoms with Crippen LogP contribution in [0.2, 0.25) is 0 Å². The molecule has 4 aromatic rings. The summed E-state index contributed by atoms with van der Waals surface area (Å²) in [5.74, 6) is -0.675. The summed E-state index contributed by atoms with van der Waals surface area (Å²) in [4.78, 5) is 25.2. The Morgan fingerprint density at radius 3 is 2.73 bits per heavy atom. The lowest BCUT2D eigenvalue weighted by Crippen LogP contribution is -2.23. The van der Waals surface area contributed by atoms with Crippen molar-refractivity contribution < 1.29 is 18.7 Å². The molecule has 2 heterocycles. The summed E-state index contributed by atoms with van der Waals surface area (Å²) in [6.45, 7) is 2.78. The number of anilines is 2. The number of nitrogens with one attached hydrogen (secondary N) is 2. The molecule has 0 saturated heterocycles. The minimum atomic E-state index is -0.564. The van der Waals surface area contributed by atoms with Gasteiger partial charge in [0.15, 0.2) is 0 Å². The number of carbonyl (C=O) groups excluding carboxylic acids is 2. The van der Waals surface area contributed by atoms with Crippen molar-refractivity contribution in [1.29, 1.82) is 0 Å². The van der Waals surface area contributed by atoms with Gasteiger partial charge in [0, 0.05) is 30.4 Å². The van der Waals surface area contributed by atoms with Crippen LogP contribution in [0.25, 0.3) is 11.3 Å². The third kappa shape index (κ3) is 4.63. The second-order valence-electron chi connectivity index (χ2n) is 8.86. The van der Waals surface area contributed by atoms with Gasteiger partial charge in [-0.1, -0.05) is 30.3 Å². The van der Waals surface area contributed by atoms with E-state index in [-0.39, 0.29) is 23.8 Å². The fourth-order valence-electron chi connectivity index (χ4n) is 4.57. The predicted molar refractivity (Wildman–Crippen MR) is 138 cm³/mol. The molecule has 0 unspecified atom stereocenters. The number of nitrogens with zero attached hydrogens (tertiary/aromatic N) is 2. The van der Waals surface area contributed by atoms with Gasteiger partial charge in [0.2, 0.25) is 0 Å². The van der Waals surface area contributed by atoms with Crippen LogP contribution in [0.15, 0.2) is 60.7 Å². The van der Waals surface area contributed by atoms with E-state index in [0.29, 0.717) is 23.6 Å². The maximum atomic E-state index is 13.5. The average molecular weight is 500 g/mol. The molecule has 1 aliphatic rings. The van der Waals surface area contributed by atoms with Crippen molar-refractivity contribution in [3.05, 3.63) is 94.3 Å². The molecule has 0 atom stereocenters. The maximum Gasteiger partial charge on any atom is 0.255 e. The number of fused-ring (bicyclic) bond motifs is 2. The second-order valence-corrected chi connectivity index (χ2v) is 8.86. The number of amides is 2. The number of hydrogen-bond acceptors (Lipinski definition) is 5. The van der Waals surface area contributed by atoms with Crippen LogP contribution in [0.4, 0.5) is 15.9 Å². The number of aryl methyl sites for hydroxylation is 3. The standard InChI is InChI=1S/C28H26FN5O3/c1-16-13-18(7-8-19(16)15-31-28(36)21-10-9-20(29)14-23(21)37-2)25-24(26(30)35)27-32-22-6-4-3-5-17(22)11-12-34(27)33-25/h3-10,13-14,32H,11-12,15H2,1-2H3,(H2,30,35)(H,31,36). The summed E-state index contributed by atoms with van der Waals surface area (Å²) in [6.07, 6.45) is 0.770. The van der Waals surface area contributed by atoms with Crippen LogP contribution in [0.3, 0.4) is 0 Å². The van der Waals surface area contributed by atoms with Gasteiger partial charge in [-0.3, -0.25) is 9.59 Å². The van der Waals surface area contributed by atoms with Gasteiger partial charge in [0.25, 0.3) is 11.8 Å². The topological polar surface area (TPSA) is 111 Å². The van der Waals surface area contributed by atoms with Crippen LogP contribution in [-0.4, -0.2) is 28.7 Å². The third-order valence-corrected chi connectivity index (χ3v) is 6.53. The Kier molecular flexibility index (Phi) is 6.35. The molecule has 0 radical (unpaired) electrons. The fraction of sp³-hybridized carbons (Fsp3) is 0.179. The predicted octanol–water partition coefficient (Wildman–Crippen LogP) is 4.33. The Morgan fingerprint density at radius 1 is 1.16 bits per heavy atom. The molecule has 3 aromatic carbocycles. The van der Waals surface area contributed by atoms with Crippen molar-refractivity contribution in [3.8, 4) is 17.0 Å². The Hall–Kier alpha value is -4.66. The zero-order valence-electron chi connectivity index (χ0n) is 20.5. The maximum absolute atomic E-state index is 13.5. The van der Waals surface area contributed by atoms with E-state index in [1.54, 1.807) is 4.68 Å². The van der Waals surface area contributed by atoms with Gasteiger partial charge in [-0.15, -0.1) is 0 Å². The van der Waals surface area contributed by atoms with E-state index in [2.05, 4.69) is 10.6 Å². The molecule has 0 spiro atoms. The number of hydrogen-bond donors (Lipinski definition) is 3. The number of para-hydroxylation sites is 1. The molecule has 9 heteroatoms. The quantitative estimate of drug-likeness (QED) is 0.366. The fourth-order valence-corrected chi connectivity index (χ4v) is 4.57. The smallest absolute Gasteiger partial charge is 0.255 e. The molecule has 4 N–H and O–H groups in total. The first kappa shape index (κ1) is 24.1. The highest BCUT2D eigenvalue weighted by Crippen LogP contribution is 2.34. The minimum Gasteiger partial charge on any atom is -0.496 e. The van der Waals surface area contributed by atoms with Gasteiger partial charge in [-0.25, -0.2) is 9.07 Å². The number of rotatable bonds is 6. The Bertz CT molecular complexity index is 1530. The number of benzene rings is 3. The summed E-state index contributed by atoms with van der Waals surface area (Å²) in [5.41, 5.74) is 11.5. The highest BCUT2D eigenvalue weighted by Gasteiger charge is 2.26. The summed E-state index contributed by atoms with van der Waals surface area (Å²) in [7, 11) is 1.39. The third-order valence-electron chi connectivity index (χ3n) is 6.53. The number of carbonyl (C=O) groups is 2. The first-order chi connectivity index (χ1) is 17.9. The molecule has 0 aliphatic carbocycles. The largest absolute Gasteiger partial charge is 0.496 e. The number of nitrogens with two attached hydrogens (primary N) is 1. The number of aromatic nitrogens is 2. The molecule has 5 rings (SSSR count). The SMILES string of the molecule is COc1cc(F)ccc1C(=O)NCc1ccc(-c2nn3c(c2C(N)=O)Nc2ccccc2CC3)cc1C. The first-order valence-corrected chi connectivity index (χ1v) is 11.8. The summed E-state index contributed by atoms with van der Waals surface area (Å²) in [6, 6.07) is 17.4. The number of primary amides is 1. The highest BCUT2D eigenvalue weighted by molar-refractivity contribution is 6.04. The van der Waals surface area contributed by atoms with E-state index < -0.39 is 11.7 Å². The van der Waals surface area contributed by atoms with Gasteiger partial charge in [-0.2, -0.15) is 5.10 Å². The first-order valence-electron chi connectivity index (χ1n) is 11.8. The number of halogens is 1. The number of ether oxygens (including phenoxy) is 1. The van der Waals surface area contributed by atoms with E-state index >= 15 is 0 Å². The van der Waals surface area contributed by atoms with Crippen LogP contribution in [-0.2, 0) is 19.5 Å². The molecule has 0 bridgehead atoms. The molecule has 1 aliphatic heterocycles. The van der Waals surface area contributed by atoms with Crippen molar-refractivity contribution in [2.75, 3.05) is 12.4 Å². The summed E-state index contributed by atoms with van der Waals surface area (Å²) >= 11 is 0. The lowest BCUT2D eigenvalue weighted by atomic mass is 10.0. The van der Waals surface area contributed by atoms with E-state index in [4.69, 9.17) is 15.6 Å². The van der Waals surface area contributed by atoms with E-state index in [9.17, 15) is 14.0 Å². The Labute approximate surface area is 213 Å². The van der Waals surface area contributed by atoms with Crippen LogP contribution >= 0.6 is 0 Å². The van der Waals surface area contributed by atoms with Gasteiger partial charge >= 0.3 is 0 Å². The Morgan fingerprint density at radius 2 is 1.97 bits per heavy atom. The van der Waals surface area contributed by atoms with Gasteiger partial charge in [0.1, 0.15) is 28.6 Å². The second kappa shape index (κ2) is 9.77.